The molecule has 0 unspecified atom stereocenters. The van der Waals surface area contributed by atoms with Crippen molar-refractivity contribution >= 4 is 17.7 Å². The van der Waals surface area contributed by atoms with Crippen LogP contribution in [0.3, 0.4) is 0 Å². The highest BCUT2D eigenvalue weighted by Gasteiger charge is 2.28. The average molecular weight is 459 g/mol. The van der Waals surface area contributed by atoms with Crippen LogP contribution in [0, 0.1) is 13.8 Å². The van der Waals surface area contributed by atoms with Crippen molar-refractivity contribution in [2.45, 2.75) is 34.1 Å². The molecule has 2 aromatic rings. The highest BCUT2D eigenvalue weighted by molar-refractivity contribution is 6.06. The molecule has 0 saturated heterocycles. The van der Waals surface area contributed by atoms with E-state index in [1.165, 1.54) is 4.90 Å². The molecule has 2 rings (SSSR count). The lowest BCUT2D eigenvalue weighted by Crippen LogP contribution is -2.37. The molecule has 0 aliphatic carbocycles. The van der Waals surface area contributed by atoms with Gasteiger partial charge in [0.2, 0.25) is 0 Å². The van der Waals surface area contributed by atoms with Gasteiger partial charge in [-0.15, -0.1) is 0 Å². The van der Waals surface area contributed by atoms with Gasteiger partial charge in [0, 0.05) is 43.6 Å². The van der Waals surface area contributed by atoms with Gasteiger partial charge in [-0.2, -0.15) is 0 Å². The number of ketones is 1. The number of Topliss-reactive ketones (excluding diaryl/α,β-unsaturated/α-hetero) is 1. The van der Waals surface area contributed by atoms with E-state index >= 15 is 0 Å². The molecule has 0 saturated carbocycles. The molecular weight excluding hydrogens is 424 g/mol. The van der Waals surface area contributed by atoms with Gasteiger partial charge in [-0.1, -0.05) is 0 Å². The van der Waals surface area contributed by atoms with Gasteiger partial charge in [-0.3, -0.25) is 9.59 Å². The minimum absolute atomic E-state index is 0.106. The van der Waals surface area contributed by atoms with Gasteiger partial charge in [0.1, 0.15) is 11.4 Å². The second-order valence-corrected chi connectivity index (χ2v) is 7.64. The third-order valence-corrected chi connectivity index (χ3v) is 5.56. The second kappa shape index (κ2) is 12.2. The Balaban J connectivity index is 2.31. The zero-order valence-corrected chi connectivity index (χ0v) is 20.4. The molecule has 0 N–H and O–H groups in total. The molecule has 1 aromatic carbocycles. The highest BCUT2D eigenvalue weighted by atomic mass is 16.5. The minimum atomic E-state index is -0.470. The van der Waals surface area contributed by atoms with E-state index in [1.807, 2.05) is 6.92 Å². The van der Waals surface area contributed by atoms with Crippen molar-refractivity contribution in [3.05, 3.63) is 52.3 Å². The summed E-state index contributed by atoms with van der Waals surface area (Å²) in [6.45, 7) is 8.75. The van der Waals surface area contributed by atoms with Gasteiger partial charge in [-0.25, -0.2) is 4.79 Å². The van der Waals surface area contributed by atoms with Crippen LogP contribution in [0.4, 0.5) is 0 Å². The molecule has 8 heteroatoms. The maximum Gasteiger partial charge on any atom is 0.355 e. The number of amides is 1. The predicted molar refractivity (Wildman–Crippen MR) is 125 cm³/mol. The van der Waals surface area contributed by atoms with Gasteiger partial charge in [0.05, 0.1) is 20.3 Å². The van der Waals surface area contributed by atoms with Crippen molar-refractivity contribution in [3.63, 3.8) is 0 Å². The van der Waals surface area contributed by atoms with E-state index in [-0.39, 0.29) is 24.8 Å². The maximum absolute atomic E-state index is 13.4. The van der Waals surface area contributed by atoms with Crippen LogP contribution in [0.15, 0.2) is 24.3 Å². The molecule has 1 aromatic heterocycles. The van der Waals surface area contributed by atoms with Crippen LogP contribution < -0.4 is 4.74 Å². The Labute approximate surface area is 195 Å². The van der Waals surface area contributed by atoms with E-state index in [0.29, 0.717) is 60.0 Å². The number of ether oxygens (including phenoxy) is 3. The van der Waals surface area contributed by atoms with Gasteiger partial charge < -0.3 is 23.7 Å². The number of carbonyl (C=O) groups is 3. The number of nitrogens with zero attached hydrogens (tertiary/aromatic N) is 2. The van der Waals surface area contributed by atoms with Crippen molar-refractivity contribution in [3.8, 4) is 5.75 Å². The lowest BCUT2D eigenvalue weighted by Gasteiger charge is -2.22. The first-order valence-electron chi connectivity index (χ1n) is 11.1. The average Bonchev–Trinajstić information content (AvgIpc) is 3.03. The number of rotatable bonds is 12. The molecule has 1 heterocycles. The number of carbonyl (C=O) groups excluding carboxylic acids is 3. The van der Waals surface area contributed by atoms with Gasteiger partial charge in [-0.05, 0) is 63.9 Å². The second-order valence-electron chi connectivity index (χ2n) is 7.64. The summed E-state index contributed by atoms with van der Waals surface area (Å²) < 4.78 is 17.4. The summed E-state index contributed by atoms with van der Waals surface area (Å²) in [5, 5.41) is 0. The van der Waals surface area contributed by atoms with Crippen LogP contribution in [0.25, 0.3) is 0 Å². The van der Waals surface area contributed by atoms with Crippen molar-refractivity contribution < 1.29 is 28.6 Å². The predicted octanol–water partition coefficient (Wildman–Crippen LogP) is 3.58. The monoisotopic (exact) mass is 458 g/mol. The van der Waals surface area contributed by atoms with Gasteiger partial charge in [0.25, 0.3) is 5.91 Å². The molecule has 0 aliphatic heterocycles. The molecule has 0 radical (unpaired) electrons. The first kappa shape index (κ1) is 26.1. The first-order chi connectivity index (χ1) is 15.8. The zero-order valence-electron chi connectivity index (χ0n) is 20.4. The summed E-state index contributed by atoms with van der Waals surface area (Å²) in [7, 11) is 3.29. The van der Waals surface area contributed by atoms with Crippen molar-refractivity contribution in [1.29, 1.82) is 0 Å². The Kier molecular flexibility index (Phi) is 9.66. The topological polar surface area (TPSA) is 87.1 Å². The molecule has 0 bridgehead atoms. The number of aromatic nitrogens is 1. The Morgan fingerprint density at radius 1 is 1.03 bits per heavy atom. The van der Waals surface area contributed by atoms with Crippen LogP contribution in [0.2, 0.25) is 0 Å². The number of benzene rings is 1. The van der Waals surface area contributed by atoms with E-state index < -0.39 is 5.97 Å². The fourth-order valence-electron chi connectivity index (χ4n) is 3.80. The summed E-state index contributed by atoms with van der Waals surface area (Å²) in [4.78, 5) is 40.5. The number of methoxy groups -OCH3 is 1. The highest BCUT2D eigenvalue weighted by Crippen LogP contribution is 2.23. The van der Waals surface area contributed by atoms with E-state index in [0.717, 1.165) is 0 Å². The fourth-order valence-corrected chi connectivity index (χ4v) is 3.80. The number of hydrogen-bond donors (Lipinski definition) is 0. The van der Waals surface area contributed by atoms with Crippen LogP contribution in [-0.4, -0.2) is 67.1 Å². The Morgan fingerprint density at radius 3 is 2.27 bits per heavy atom. The molecular formula is C25H34N2O6. The van der Waals surface area contributed by atoms with Crippen LogP contribution in [-0.2, 0) is 16.5 Å². The van der Waals surface area contributed by atoms with Crippen LogP contribution >= 0.6 is 0 Å². The van der Waals surface area contributed by atoms with Crippen molar-refractivity contribution in [2.75, 3.05) is 40.0 Å². The minimum Gasteiger partial charge on any atom is -0.497 e. The van der Waals surface area contributed by atoms with E-state index in [4.69, 9.17) is 14.2 Å². The zero-order chi connectivity index (χ0) is 24.5. The lowest BCUT2D eigenvalue weighted by atomic mass is 10.0. The first-order valence-corrected chi connectivity index (χ1v) is 11.1. The quantitative estimate of drug-likeness (QED) is 0.275. The van der Waals surface area contributed by atoms with Crippen molar-refractivity contribution in [1.82, 2.24) is 9.47 Å². The fraction of sp³-hybridized carbons (Fsp3) is 0.480. The van der Waals surface area contributed by atoms with E-state index in [1.54, 1.807) is 63.8 Å². The summed E-state index contributed by atoms with van der Waals surface area (Å²) in [6, 6.07) is 6.78. The normalized spacial score (nSPS) is 10.7. The van der Waals surface area contributed by atoms with Crippen molar-refractivity contribution in [2.24, 2.45) is 7.05 Å². The molecule has 180 valence electrons. The summed E-state index contributed by atoms with van der Waals surface area (Å²) in [5.41, 5.74) is 2.48. The summed E-state index contributed by atoms with van der Waals surface area (Å²) in [6.07, 6.45) is 0.601. The Morgan fingerprint density at radius 2 is 1.70 bits per heavy atom. The standard InChI is InChI=1S/C25H34N2O6/c1-7-32-15-9-14-27(24(29)19-10-12-20(31-6)13-11-19)16-21(28)22-17(3)23(25(30)33-8-2)26(5)18(22)4/h10-13H,7-9,14-16H2,1-6H3. The number of hydrogen-bond acceptors (Lipinski definition) is 6. The molecule has 0 spiro atoms. The van der Waals surface area contributed by atoms with Gasteiger partial charge in [0.15, 0.2) is 5.78 Å². The smallest absolute Gasteiger partial charge is 0.355 e. The summed E-state index contributed by atoms with van der Waals surface area (Å²) >= 11 is 0. The molecule has 0 aliphatic rings. The molecule has 8 nitrogen and oxygen atoms in total. The Bertz CT molecular complexity index is 978. The van der Waals surface area contributed by atoms with E-state index in [9.17, 15) is 14.4 Å². The Hall–Kier alpha value is -3.13. The molecule has 33 heavy (non-hydrogen) atoms. The third-order valence-electron chi connectivity index (χ3n) is 5.56. The third kappa shape index (κ3) is 6.22. The maximum atomic E-state index is 13.4. The lowest BCUT2D eigenvalue weighted by molar-refractivity contribution is 0.0513. The molecule has 1 amide bonds. The molecule has 0 atom stereocenters. The van der Waals surface area contributed by atoms with E-state index in [2.05, 4.69) is 0 Å². The molecule has 0 fully saturated rings. The van der Waals surface area contributed by atoms with Crippen LogP contribution in [0.1, 0.15) is 62.7 Å². The number of esters is 1. The SMILES string of the molecule is CCOCCCN(CC(=O)c1c(C)c(C(=O)OCC)n(C)c1C)C(=O)c1ccc(OC)cc1. The largest absolute Gasteiger partial charge is 0.497 e. The van der Waals surface area contributed by atoms with Gasteiger partial charge >= 0.3 is 5.97 Å². The van der Waals surface area contributed by atoms with Crippen LogP contribution in [0.5, 0.6) is 5.75 Å². The summed E-state index contributed by atoms with van der Waals surface area (Å²) in [5.74, 6) is -0.302.